The van der Waals surface area contributed by atoms with E-state index in [2.05, 4.69) is 18.7 Å². The molecule has 1 amide bonds. The zero-order chi connectivity index (χ0) is 15.5. The number of rotatable bonds is 5. The van der Waals surface area contributed by atoms with E-state index in [0.29, 0.717) is 17.5 Å². The van der Waals surface area contributed by atoms with Crippen LogP contribution in [0.15, 0.2) is 0 Å². The molecule has 0 bridgehead atoms. The van der Waals surface area contributed by atoms with Gasteiger partial charge in [-0.2, -0.15) is 0 Å². The van der Waals surface area contributed by atoms with Gasteiger partial charge in [0.05, 0.1) is 19.7 Å². The maximum atomic E-state index is 12.3. The third-order valence-corrected chi connectivity index (χ3v) is 5.16. The number of hydrogen-bond donors (Lipinski definition) is 0. The van der Waals surface area contributed by atoms with Crippen molar-refractivity contribution in [3.05, 3.63) is 0 Å². The monoisotopic (exact) mass is 300 g/mol. The largest absolute Gasteiger partial charge is 0.383 e. The van der Waals surface area contributed by atoms with Crippen LogP contribution in [-0.4, -0.2) is 67.8 Å². The van der Waals surface area contributed by atoms with Crippen molar-refractivity contribution in [2.24, 2.45) is 5.41 Å². The molecule has 0 radical (unpaired) electrons. The van der Waals surface area contributed by atoms with Gasteiger partial charge in [-0.25, -0.2) is 0 Å². The highest BCUT2D eigenvalue weighted by molar-refractivity contribution is 5.76. The number of likely N-dealkylation sites (tertiary alicyclic amines) is 2. The predicted octanol–water partition coefficient (Wildman–Crippen LogP) is 2.08. The zero-order valence-corrected chi connectivity index (χ0v) is 13.6. The Hall–Kier alpha value is -0.680. The summed E-state index contributed by atoms with van der Waals surface area (Å²) in [4.78, 5) is 16.2. The molecule has 4 nitrogen and oxygen atoms in total. The number of piperidine rings is 1. The van der Waals surface area contributed by atoms with Crippen LogP contribution in [0, 0.1) is 5.41 Å². The van der Waals surface area contributed by atoms with Gasteiger partial charge in [0.15, 0.2) is 0 Å². The summed E-state index contributed by atoms with van der Waals surface area (Å²) < 4.78 is 17.7. The van der Waals surface area contributed by atoms with E-state index in [0.717, 1.165) is 45.5 Å². The van der Waals surface area contributed by atoms with Gasteiger partial charge in [-0.15, -0.1) is 0 Å². The van der Waals surface area contributed by atoms with Gasteiger partial charge < -0.3 is 9.64 Å². The number of ether oxygens (including phenoxy) is 1. The molecule has 1 unspecified atom stereocenters. The van der Waals surface area contributed by atoms with Crippen LogP contribution in [0.1, 0.15) is 39.5 Å². The average Bonchev–Trinajstić information content (AvgIpc) is 2.79. The van der Waals surface area contributed by atoms with Gasteiger partial charge in [0, 0.05) is 38.8 Å². The molecule has 2 saturated heterocycles. The average molecular weight is 300 g/mol. The van der Waals surface area contributed by atoms with Crippen molar-refractivity contribution in [1.82, 2.24) is 9.80 Å². The van der Waals surface area contributed by atoms with Gasteiger partial charge in [0.25, 0.3) is 0 Å². The van der Waals surface area contributed by atoms with E-state index >= 15 is 0 Å². The molecular weight excluding hydrogens is 271 g/mol. The number of amides is 1. The molecule has 0 aromatic rings. The SMILES string of the molecule is COCC1CC2(CCN(C(=O)CCF)CC2)CN1C(C)C. The molecule has 2 aliphatic rings. The molecule has 0 saturated carbocycles. The number of carbonyl (C=O) groups is 1. The summed E-state index contributed by atoms with van der Waals surface area (Å²) >= 11 is 0. The highest BCUT2D eigenvalue weighted by Gasteiger charge is 2.46. The van der Waals surface area contributed by atoms with Crippen LogP contribution < -0.4 is 0 Å². The fourth-order valence-corrected chi connectivity index (χ4v) is 3.98. The molecule has 1 spiro atoms. The van der Waals surface area contributed by atoms with Crippen LogP contribution in [0.25, 0.3) is 0 Å². The Morgan fingerprint density at radius 2 is 2.05 bits per heavy atom. The van der Waals surface area contributed by atoms with Crippen LogP contribution in [0.2, 0.25) is 0 Å². The Bertz CT molecular complexity index is 354. The summed E-state index contributed by atoms with van der Waals surface area (Å²) in [5, 5.41) is 0. The van der Waals surface area contributed by atoms with Crippen molar-refractivity contribution in [2.75, 3.05) is 40.0 Å². The first-order valence-electron chi connectivity index (χ1n) is 8.10. The normalized spacial score (nSPS) is 26.0. The van der Waals surface area contributed by atoms with Crippen molar-refractivity contribution in [2.45, 2.75) is 51.6 Å². The van der Waals surface area contributed by atoms with Crippen LogP contribution in [0.4, 0.5) is 4.39 Å². The first-order valence-corrected chi connectivity index (χ1v) is 8.10. The smallest absolute Gasteiger partial charge is 0.225 e. The molecule has 0 aliphatic carbocycles. The third kappa shape index (κ3) is 3.75. The quantitative estimate of drug-likeness (QED) is 0.779. The second-order valence-corrected chi connectivity index (χ2v) is 6.90. The van der Waals surface area contributed by atoms with Gasteiger partial charge in [0.2, 0.25) is 5.91 Å². The molecule has 2 rings (SSSR count). The third-order valence-electron chi connectivity index (χ3n) is 5.16. The van der Waals surface area contributed by atoms with Crippen molar-refractivity contribution < 1.29 is 13.9 Å². The molecule has 2 fully saturated rings. The number of methoxy groups -OCH3 is 1. The topological polar surface area (TPSA) is 32.8 Å². The molecule has 0 N–H and O–H groups in total. The molecule has 0 aromatic heterocycles. The highest BCUT2D eigenvalue weighted by atomic mass is 19.1. The first-order chi connectivity index (χ1) is 10.0. The minimum Gasteiger partial charge on any atom is -0.383 e. The molecule has 0 aromatic carbocycles. The van der Waals surface area contributed by atoms with Gasteiger partial charge >= 0.3 is 0 Å². The molecule has 2 aliphatic heterocycles. The lowest BCUT2D eigenvalue weighted by molar-refractivity contribution is -0.133. The Labute approximate surface area is 127 Å². The summed E-state index contributed by atoms with van der Waals surface area (Å²) in [5.41, 5.74) is 0.319. The van der Waals surface area contributed by atoms with Gasteiger partial charge in [-0.05, 0) is 38.5 Å². The van der Waals surface area contributed by atoms with E-state index in [9.17, 15) is 9.18 Å². The van der Waals surface area contributed by atoms with Crippen molar-refractivity contribution in [1.29, 1.82) is 0 Å². The summed E-state index contributed by atoms with van der Waals surface area (Å²) in [6, 6.07) is 1.01. The number of alkyl halides is 1. The summed E-state index contributed by atoms with van der Waals surface area (Å²) in [5.74, 6) is -0.0282. The van der Waals surface area contributed by atoms with E-state index in [1.165, 1.54) is 0 Å². The minimum absolute atomic E-state index is 0.0282. The molecule has 5 heteroatoms. The highest BCUT2D eigenvalue weighted by Crippen LogP contribution is 2.44. The number of carbonyl (C=O) groups excluding carboxylic acids is 1. The molecule has 21 heavy (non-hydrogen) atoms. The Balaban J connectivity index is 1.95. The minimum atomic E-state index is -0.544. The van der Waals surface area contributed by atoms with E-state index in [-0.39, 0.29) is 12.3 Å². The predicted molar refractivity (Wildman–Crippen MR) is 81.0 cm³/mol. The lowest BCUT2D eigenvalue weighted by Crippen LogP contribution is -2.44. The maximum Gasteiger partial charge on any atom is 0.225 e. The van der Waals surface area contributed by atoms with E-state index in [4.69, 9.17) is 4.74 Å². The zero-order valence-electron chi connectivity index (χ0n) is 13.6. The lowest BCUT2D eigenvalue weighted by Gasteiger charge is -2.39. The van der Waals surface area contributed by atoms with E-state index < -0.39 is 6.67 Å². The van der Waals surface area contributed by atoms with Crippen LogP contribution >= 0.6 is 0 Å². The Morgan fingerprint density at radius 1 is 1.38 bits per heavy atom. The van der Waals surface area contributed by atoms with Crippen molar-refractivity contribution in [3.8, 4) is 0 Å². The number of halogens is 1. The standard InChI is InChI=1S/C16H29FN2O2/c1-13(2)19-12-16(10-14(19)11-21-3)5-8-18(9-6-16)15(20)4-7-17/h13-14H,4-12H2,1-3H3. The van der Waals surface area contributed by atoms with Crippen LogP contribution in [0.3, 0.4) is 0 Å². The number of hydrogen-bond acceptors (Lipinski definition) is 3. The van der Waals surface area contributed by atoms with Gasteiger partial charge in [-0.1, -0.05) is 0 Å². The van der Waals surface area contributed by atoms with Crippen molar-refractivity contribution in [3.63, 3.8) is 0 Å². The van der Waals surface area contributed by atoms with E-state index in [1.54, 1.807) is 7.11 Å². The second-order valence-electron chi connectivity index (χ2n) is 6.90. The molecule has 1 atom stereocenters. The summed E-state index contributed by atoms with van der Waals surface area (Å²) in [6.07, 6.45) is 3.27. The van der Waals surface area contributed by atoms with Gasteiger partial charge in [0.1, 0.15) is 0 Å². The maximum absolute atomic E-state index is 12.3. The molecule has 2 heterocycles. The van der Waals surface area contributed by atoms with Gasteiger partial charge in [-0.3, -0.25) is 14.1 Å². The van der Waals surface area contributed by atoms with Crippen LogP contribution in [-0.2, 0) is 9.53 Å². The summed E-state index contributed by atoms with van der Waals surface area (Å²) in [7, 11) is 1.77. The number of nitrogens with zero attached hydrogens (tertiary/aromatic N) is 2. The Morgan fingerprint density at radius 3 is 2.57 bits per heavy atom. The fraction of sp³-hybridized carbons (Fsp3) is 0.938. The molecular formula is C16H29FN2O2. The summed E-state index contributed by atoms with van der Waals surface area (Å²) in [6.45, 7) is 7.38. The van der Waals surface area contributed by atoms with E-state index in [1.807, 2.05) is 4.90 Å². The Kier molecular flexibility index (Phi) is 5.60. The van der Waals surface area contributed by atoms with Crippen LogP contribution in [0.5, 0.6) is 0 Å². The van der Waals surface area contributed by atoms with Crippen molar-refractivity contribution >= 4 is 5.91 Å². The first kappa shape index (κ1) is 16.7. The fourth-order valence-electron chi connectivity index (χ4n) is 3.98. The molecule has 122 valence electrons. The second kappa shape index (κ2) is 7.05. The lowest BCUT2D eigenvalue weighted by atomic mass is 9.76.